The molecule has 1 aromatic rings. The highest BCUT2D eigenvalue weighted by Gasteiger charge is 2.14. The molecule has 1 aliphatic rings. The van der Waals surface area contributed by atoms with Crippen molar-refractivity contribution in [2.45, 2.75) is 39.0 Å². The molecule has 0 aliphatic carbocycles. The number of ether oxygens (including phenoxy) is 1. The minimum atomic E-state index is 0.722. The van der Waals surface area contributed by atoms with Gasteiger partial charge in [0.05, 0.1) is 6.61 Å². The molecule has 0 aromatic carbocycles. The van der Waals surface area contributed by atoms with Crippen molar-refractivity contribution in [3.8, 4) is 0 Å². The first kappa shape index (κ1) is 13.3. The van der Waals surface area contributed by atoms with Crippen LogP contribution in [-0.4, -0.2) is 36.8 Å². The molecular formula is C14H23N3O. The van der Waals surface area contributed by atoms with Crippen molar-refractivity contribution in [1.82, 2.24) is 9.97 Å². The molecule has 4 heteroatoms. The second-order valence-corrected chi connectivity index (χ2v) is 4.79. The van der Waals surface area contributed by atoms with E-state index < -0.39 is 0 Å². The molecule has 100 valence electrons. The number of hydrogen-bond acceptors (Lipinski definition) is 4. The number of rotatable bonds is 5. The van der Waals surface area contributed by atoms with Crippen molar-refractivity contribution >= 4 is 5.95 Å². The van der Waals surface area contributed by atoms with E-state index in [1.54, 1.807) is 7.11 Å². The van der Waals surface area contributed by atoms with E-state index in [0.717, 1.165) is 49.9 Å². The molecule has 1 fully saturated rings. The van der Waals surface area contributed by atoms with Gasteiger partial charge in [-0.05, 0) is 31.7 Å². The van der Waals surface area contributed by atoms with Crippen LogP contribution in [0, 0.1) is 0 Å². The predicted octanol–water partition coefficient (Wildman–Crippen LogP) is 2.22. The molecule has 0 saturated carbocycles. The Labute approximate surface area is 109 Å². The summed E-state index contributed by atoms with van der Waals surface area (Å²) in [6, 6.07) is 2.10. The maximum atomic E-state index is 5.13. The monoisotopic (exact) mass is 249 g/mol. The van der Waals surface area contributed by atoms with Crippen molar-refractivity contribution in [3.05, 3.63) is 17.5 Å². The number of hydrogen-bond donors (Lipinski definition) is 0. The fourth-order valence-corrected chi connectivity index (χ4v) is 2.29. The van der Waals surface area contributed by atoms with Crippen LogP contribution in [0.2, 0.25) is 0 Å². The molecule has 2 rings (SSSR count). The summed E-state index contributed by atoms with van der Waals surface area (Å²) in [7, 11) is 1.73. The van der Waals surface area contributed by atoms with E-state index in [-0.39, 0.29) is 0 Å². The number of aromatic nitrogens is 2. The van der Waals surface area contributed by atoms with Crippen LogP contribution in [0.4, 0.5) is 5.95 Å². The van der Waals surface area contributed by atoms with Crippen molar-refractivity contribution in [2.24, 2.45) is 0 Å². The molecule has 0 spiro atoms. The maximum Gasteiger partial charge on any atom is 0.225 e. The standard InChI is InChI=1S/C14H23N3O/c1-3-12-11-13(7-10-18-2)16-14(15-12)17-8-5-4-6-9-17/h11H,3-10H2,1-2H3. The van der Waals surface area contributed by atoms with Gasteiger partial charge < -0.3 is 9.64 Å². The van der Waals surface area contributed by atoms with Crippen LogP contribution >= 0.6 is 0 Å². The average molecular weight is 249 g/mol. The lowest BCUT2D eigenvalue weighted by atomic mass is 10.1. The highest BCUT2D eigenvalue weighted by Crippen LogP contribution is 2.17. The van der Waals surface area contributed by atoms with Gasteiger partial charge in [-0.3, -0.25) is 0 Å². The van der Waals surface area contributed by atoms with Crippen LogP contribution in [0.5, 0.6) is 0 Å². The lowest BCUT2D eigenvalue weighted by Gasteiger charge is -2.27. The largest absolute Gasteiger partial charge is 0.384 e. The van der Waals surface area contributed by atoms with Crippen molar-refractivity contribution < 1.29 is 4.74 Å². The second kappa shape index (κ2) is 6.69. The first-order valence-electron chi connectivity index (χ1n) is 6.94. The summed E-state index contributed by atoms with van der Waals surface area (Å²) in [5.74, 6) is 0.917. The van der Waals surface area contributed by atoms with Gasteiger partial charge in [0.25, 0.3) is 0 Å². The first-order chi connectivity index (χ1) is 8.83. The molecule has 4 nitrogen and oxygen atoms in total. The Kier molecular flexibility index (Phi) is 4.93. The summed E-state index contributed by atoms with van der Waals surface area (Å²) < 4.78 is 5.13. The molecule has 0 atom stereocenters. The predicted molar refractivity (Wildman–Crippen MR) is 73.1 cm³/mol. The normalized spacial score (nSPS) is 16.0. The zero-order valence-electron chi connectivity index (χ0n) is 11.5. The van der Waals surface area contributed by atoms with Crippen LogP contribution < -0.4 is 4.90 Å². The van der Waals surface area contributed by atoms with Gasteiger partial charge in [-0.2, -0.15) is 0 Å². The summed E-state index contributed by atoms with van der Waals surface area (Å²) in [6.07, 6.45) is 5.68. The summed E-state index contributed by atoms with van der Waals surface area (Å²) in [5, 5.41) is 0. The van der Waals surface area contributed by atoms with Gasteiger partial charge in [-0.1, -0.05) is 6.92 Å². The third-order valence-corrected chi connectivity index (χ3v) is 3.38. The molecule has 1 aliphatic heterocycles. The van der Waals surface area contributed by atoms with E-state index in [4.69, 9.17) is 4.74 Å². The second-order valence-electron chi connectivity index (χ2n) is 4.79. The zero-order chi connectivity index (χ0) is 12.8. The van der Waals surface area contributed by atoms with E-state index in [9.17, 15) is 0 Å². The van der Waals surface area contributed by atoms with Crippen LogP contribution in [-0.2, 0) is 17.6 Å². The molecule has 2 heterocycles. The minimum Gasteiger partial charge on any atom is -0.384 e. The highest BCUT2D eigenvalue weighted by atomic mass is 16.5. The summed E-state index contributed by atoms with van der Waals surface area (Å²) in [6.45, 7) is 5.05. The molecule has 1 aromatic heterocycles. The van der Waals surface area contributed by atoms with Crippen LogP contribution in [0.25, 0.3) is 0 Å². The molecule has 0 amide bonds. The quantitative estimate of drug-likeness (QED) is 0.802. The Bertz CT molecular complexity index is 375. The number of nitrogens with zero attached hydrogens (tertiary/aromatic N) is 3. The fourth-order valence-electron chi connectivity index (χ4n) is 2.29. The number of aryl methyl sites for hydroxylation is 1. The van der Waals surface area contributed by atoms with Crippen molar-refractivity contribution in [1.29, 1.82) is 0 Å². The van der Waals surface area contributed by atoms with Crippen molar-refractivity contribution in [2.75, 3.05) is 31.7 Å². The topological polar surface area (TPSA) is 38.2 Å². The van der Waals surface area contributed by atoms with Gasteiger partial charge in [0.15, 0.2) is 0 Å². The van der Waals surface area contributed by atoms with Gasteiger partial charge in [0.2, 0.25) is 5.95 Å². The van der Waals surface area contributed by atoms with E-state index >= 15 is 0 Å². The Morgan fingerprint density at radius 2 is 1.89 bits per heavy atom. The van der Waals surface area contributed by atoms with Gasteiger partial charge in [0.1, 0.15) is 0 Å². The fraction of sp³-hybridized carbons (Fsp3) is 0.714. The van der Waals surface area contributed by atoms with E-state index in [0.29, 0.717) is 0 Å². The lowest BCUT2D eigenvalue weighted by molar-refractivity contribution is 0.201. The summed E-state index contributed by atoms with van der Waals surface area (Å²) >= 11 is 0. The van der Waals surface area contributed by atoms with Crippen LogP contribution in [0.3, 0.4) is 0 Å². The van der Waals surface area contributed by atoms with E-state index in [1.807, 2.05) is 0 Å². The number of methoxy groups -OCH3 is 1. The molecule has 0 unspecified atom stereocenters. The molecule has 1 saturated heterocycles. The Morgan fingerprint density at radius 1 is 1.17 bits per heavy atom. The van der Waals surface area contributed by atoms with Gasteiger partial charge in [0, 0.05) is 38.0 Å². The van der Waals surface area contributed by atoms with Gasteiger partial charge >= 0.3 is 0 Å². The average Bonchev–Trinajstić information content (AvgIpc) is 2.45. The molecular weight excluding hydrogens is 226 g/mol. The SMILES string of the molecule is CCc1cc(CCOC)nc(N2CCCCC2)n1. The number of piperidine rings is 1. The molecule has 0 radical (unpaired) electrons. The smallest absolute Gasteiger partial charge is 0.225 e. The first-order valence-corrected chi connectivity index (χ1v) is 6.94. The third kappa shape index (κ3) is 3.42. The molecule has 18 heavy (non-hydrogen) atoms. The van der Waals surface area contributed by atoms with Gasteiger partial charge in [-0.25, -0.2) is 9.97 Å². The number of anilines is 1. The maximum absolute atomic E-state index is 5.13. The van der Waals surface area contributed by atoms with Crippen molar-refractivity contribution in [3.63, 3.8) is 0 Å². The van der Waals surface area contributed by atoms with Crippen LogP contribution in [0.15, 0.2) is 6.07 Å². The Hall–Kier alpha value is -1.16. The summed E-state index contributed by atoms with van der Waals surface area (Å²) in [5.41, 5.74) is 2.24. The Morgan fingerprint density at radius 3 is 2.56 bits per heavy atom. The van der Waals surface area contributed by atoms with E-state index in [2.05, 4.69) is 27.9 Å². The molecule has 0 bridgehead atoms. The van der Waals surface area contributed by atoms with Gasteiger partial charge in [-0.15, -0.1) is 0 Å². The Balaban J connectivity index is 2.16. The van der Waals surface area contributed by atoms with Crippen LogP contribution in [0.1, 0.15) is 37.6 Å². The minimum absolute atomic E-state index is 0.722. The zero-order valence-corrected chi connectivity index (χ0v) is 11.5. The highest BCUT2D eigenvalue weighted by molar-refractivity contribution is 5.33. The van der Waals surface area contributed by atoms with E-state index in [1.165, 1.54) is 19.3 Å². The molecule has 0 N–H and O–H groups in total. The third-order valence-electron chi connectivity index (χ3n) is 3.38. The lowest BCUT2D eigenvalue weighted by Crippen LogP contribution is -2.31. The summed E-state index contributed by atoms with van der Waals surface area (Å²) in [4.78, 5) is 11.7.